The van der Waals surface area contributed by atoms with Crippen molar-refractivity contribution in [3.05, 3.63) is 59.7 Å². The first-order valence-electron chi connectivity index (χ1n) is 10.7. The zero-order valence-corrected chi connectivity index (χ0v) is 18.2. The van der Waals surface area contributed by atoms with Crippen molar-refractivity contribution in [2.75, 3.05) is 20.3 Å². The third kappa shape index (κ3) is 5.15. The summed E-state index contributed by atoms with van der Waals surface area (Å²) in [4.78, 5) is 40.7. The monoisotopic (exact) mass is 454 g/mol. The van der Waals surface area contributed by atoms with Crippen LogP contribution in [0.3, 0.4) is 0 Å². The predicted octanol–water partition coefficient (Wildman–Crippen LogP) is 2.60. The summed E-state index contributed by atoms with van der Waals surface area (Å²) in [7, 11) is 1.33. The van der Waals surface area contributed by atoms with Gasteiger partial charge in [-0.3, -0.25) is 9.63 Å². The molecule has 1 fully saturated rings. The number of nitrogens with one attached hydrogen (secondary N) is 2. The van der Waals surface area contributed by atoms with Gasteiger partial charge in [0.2, 0.25) is 12.0 Å². The Labute approximate surface area is 191 Å². The molecule has 0 spiro atoms. The first kappa shape index (κ1) is 22.8. The number of aliphatic carboxylic acids is 1. The van der Waals surface area contributed by atoms with E-state index in [4.69, 9.17) is 19.4 Å². The molecular weight excluding hydrogens is 428 g/mol. The number of amides is 2. The molecule has 1 unspecified atom stereocenters. The number of alkyl carbamates (subject to hydrolysis) is 1. The Morgan fingerprint density at radius 1 is 1.06 bits per heavy atom. The Balaban J connectivity index is 1.30. The molecule has 33 heavy (non-hydrogen) atoms. The normalized spacial score (nSPS) is 16.3. The first-order chi connectivity index (χ1) is 15.9. The molecule has 0 heterocycles. The number of carbonyl (C=O) groups is 3. The Hall–Kier alpha value is -3.43. The van der Waals surface area contributed by atoms with Crippen LogP contribution in [0.2, 0.25) is 0 Å². The Morgan fingerprint density at radius 2 is 1.67 bits per heavy atom. The van der Waals surface area contributed by atoms with Crippen LogP contribution < -0.4 is 10.8 Å². The fourth-order valence-electron chi connectivity index (χ4n) is 4.14. The summed E-state index contributed by atoms with van der Waals surface area (Å²) < 4.78 is 10.3. The lowest BCUT2D eigenvalue weighted by atomic mass is 9.98. The number of benzene rings is 2. The van der Waals surface area contributed by atoms with Gasteiger partial charge >= 0.3 is 12.1 Å². The van der Waals surface area contributed by atoms with E-state index in [2.05, 4.69) is 22.9 Å². The molecule has 0 aliphatic heterocycles. The number of fused-ring (bicyclic) bond motifs is 3. The molecule has 0 bridgehead atoms. The molecule has 2 aliphatic rings. The van der Waals surface area contributed by atoms with Crippen molar-refractivity contribution < 1.29 is 33.8 Å². The van der Waals surface area contributed by atoms with Gasteiger partial charge in [-0.25, -0.2) is 15.1 Å². The van der Waals surface area contributed by atoms with Gasteiger partial charge in [-0.1, -0.05) is 48.5 Å². The summed E-state index contributed by atoms with van der Waals surface area (Å²) in [6.45, 7) is -0.0265. The van der Waals surface area contributed by atoms with Crippen LogP contribution in [0.4, 0.5) is 4.79 Å². The number of carboxylic acids is 1. The molecule has 9 heteroatoms. The minimum Gasteiger partial charge on any atom is -0.479 e. The molecule has 2 aromatic carbocycles. The van der Waals surface area contributed by atoms with Gasteiger partial charge < -0.3 is 19.9 Å². The van der Waals surface area contributed by atoms with Crippen LogP contribution >= 0.6 is 0 Å². The number of hydrogen-bond acceptors (Lipinski definition) is 6. The molecule has 2 aromatic rings. The van der Waals surface area contributed by atoms with Gasteiger partial charge in [0, 0.05) is 13.0 Å². The van der Waals surface area contributed by atoms with Gasteiger partial charge in [-0.2, -0.15) is 0 Å². The van der Waals surface area contributed by atoms with Gasteiger partial charge in [-0.15, -0.1) is 0 Å². The quantitative estimate of drug-likeness (QED) is 0.472. The number of carbonyl (C=O) groups excluding carboxylic acids is 2. The minimum atomic E-state index is -1.32. The molecule has 174 valence electrons. The van der Waals surface area contributed by atoms with Crippen molar-refractivity contribution in [1.29, 1.82) is 0 Å². The number of methoxy groups -OCH3 is 1. The molecule has 2 amide bonds. The second kappa shape index (κ2) is 9.60. The maximum atomic E-state index is 12.5. The molecule has 9 nitrogen and oxygen atoms in total. The number of ether oxygens (including phenoxy) is 2. The molecule has 1 saturated carbocycles. The lowest BCUT2D eigenvalue weighted by Gasteiger charge is -2.19. The maximum Gasteiger partial charge on any atom is 0.407 e. The number of hydroxylamine groups is 1. The van der Waals surface area contributed by atoms with Crippen LogP contribution in [0.25, 0.3) is 11.1 Å². The lowest BCUT2D eigenvalue weighted by molar-refractivity contribution is -0.165. The van der Waals surface area contributed by atoms with Crippen LogP contribution in [-0.4, -0.2) is 55.0 Å². The van der Waals surface area contributed by atoms with E-state index in [1.54, 1.807) is 0 Å². The SMILES string of the molecule is COCC(ONC(=O)CC1(NC(=O)OCC2c3ccccc3-c3ccccc32)CC1)C(=O)O. The van der Waals surface area contributed by atoms with Crippen molar-refractivity contribution in [2.45, 2.75) is 36.8 Å². The Morgan fingerprint density at radius 3 is 2.21 bits per heavy atom. The van der Waals surface area contributed by atoms with E-state index in [1.807, 2.05) is 36.4 Å². The minimum absolute atomic E-state index is 0.0451. The Bertz CT molecular complexity index is 1010. The van der Waals surface area contributed by atoms with Crippen LogP contribution in [-0.2, 0) is 23.9 Å². The zero-order valence-electron chi connectivity index (χ0n) is 18.2. The molecular formula is C24H26N2O7. The lowest BCUT2D eigenvalue weighted by Crippen LogP contribution is -2.43. The fraction of sp³-hybridized carbons (Fsp3) is 0.375. The summed E-state index contributed by atoms with van der Waals surface area (Å²) in [6.07, 6.45) is -0.720. The van der Waals surface area contributed by atoms with Crippen LogP contribution in [0.5, 0.6) is 0 Å². The summed E-state index contributed by atoms with van der Waals surface area (Å²) in [5.74, 6) is -1.84. The van der Waals surface area contributed by atoms with E-state index in [0.717, 1.165) is 22.3 Å². The molecule has 3 N–H and O–H groups in total. The smallest absolute Gasteiger partial charge is 0.407 e. The predicted molar refractivity (Wildman–Crippen MR) is 117 cm³/mol. The van der Waals surface area contributed by atoms with Gasteiger partial charge in [0.1, 0.15) is 6.61 Å². The summed E-state index contributed by atoms with van der Waals surface area (Å²) >= 11 is 0. The highest BCUT2D eigenvalue weighted by Gasteiger charge is 2.46. The molecule has 0 saturated heterocycles. The van der Waals surface area contributed by atoms with E-state index < -0.39 is 29.6 Å². The van der Waals surface area contributed by atoms with Crippen molar-refractivity contribution in [1.82, 2.24) is 10.8 Å². The van der Waals surface area contributed by atoms with Gasteiger partial charge in [0.15, 0.2) is 0 Å². The molecule has 4 rings (SSSR count). The average molecular weight is 454 g/mol. The fourth-order valence-corrected chi connectivity index (χ4v) is 4.14. The van der Waals surface area contributed by atoms with Crippen LogP contribution in [0.15, 0.2) is 48.5 Å². The summed E-state index contributed by atoms with van der Waals surface area (Å²) in [5.41, 5.74) is 5.94. The van der Waals surface area contributed by atoms with Crippen LogP contribution in [0, 0.1) is 0 Å². The second-order valence-electron chi connectivity index (χ2n) is 8.33. The van der Waals surface area contributed by atoms with Crippen molar-refractivity contribution in [2.24, 2.45) is 0 Å². The van der Waals surface area contributed by atoms with Crippen molar-refractivity contribution in [3.63, 3.8) is 0 Å². The number of carboxylic acid groups (broad SMARTS) is 1. The van der Waals surface area contributed by atoms with Crippen molar-refractivity contribution in [3.8, 4) is 11.1 Å². The van der Waals surface area contributed by atoms with E-state index in [1.165, 1.54) is 7.11 Å². The van der Waals surface area contributed by atoms with E-state index in [-0.39, 0.29) is 25.6 Å². The largest absolute Gasteiger partial charge is 0.479 e. The number of rotatable bonds is 10. The first-order valence-corrected chi connectivity index (χ1v) is 10.7. The van der Waals surface area contributed by atoms with Gasteiger partial charge in [0.05, 0.1) is 18.6 Å². The molecule has 2 aliphatic carbocycles. The highest BCUT2D eigenvalue weighted by atomic mass is 16.7. The second-order valence-corrected chi connectivity index (χ2v) is 8.33. The standard InChI is InChI=1S/C24H26N2O7/c1-31-14-20(22(28)29)33-26-21(27)12-24(10-11-24)25-23(30)32-13-19-17-8-4-2-6-15(17)16-7-3-5-9-18(16)19/h2-9,19-20H,10-14H2,1H3,(H,25,30)(H,26,27)(H,28,29). The molecule has 1 atom stereocenters. The van der Waals surface area contributed by atoms with Gasteiger partial charge in [-0.05, 0) is 35.1 Å². The third-order valence-electron chi connectivity index (χ3n) is 5.97. The van der Waals surface area contributed by atoms with E-state index >= 15 is 0 Å². The topological polar surface area (TPSA) is 123 Å². The maximum absolute atomic E-state index is 12.5. The zero-order chi connectivity index (χ0) is 23.4. The van der Waals surface area contributed by atoms with Crippen LogP contribution in [0.1, 0.15) is 36.3 Å². The van der Waals surface area contributed by atoms with Crippen molar-refractivity contribution >= 4 is 18.0 Å². The average Bonchev–Trinajstić information content (AvgIpc) is 3.47. The Kier molecular flexibility index (Phi) is 6.62. The van der Waals surface area contributed by atoms with E-state index in [9.17, 15) is 14.4 Å². The molecule has 0 radical (unpaired) electrons. The highest BCUT2D eigenvalue weighted by Crippen LogP contribution is 2.44. The highest BCUT2D eigenvalue weighted by molar-refractivity contribution is 5.80. The summed E-state index contributed by atoms with van der Waals surface area (Å²) in [5, 5.41) is 11.8. The van der Waals surface area contributed by atoms with E-state index in [0.29, 0.717) is 12.8 Å². The summed E-state index contributed by atoms with van der Waals surface area (Å²) in [6, 6.07) is 16.1. The molecule has 0 aromatic heterocycles. The van der Waals surface area contributed by atoms with Gasteiger partial charge in [0.25, 0.3) is 0 Å². The number of hydrogen-bond donors (Lipinski definition) is 3. The third-order valence-corrected chi connectivity index (χ3v) is 5.97.